The summed E-state index contributed by atoms with van der Waals surface area (Å²) in [5.41, 5.74) is 0. The van der Waals surface area contributed by atoms with E-state index in [9.17, 15) is 4.79 Å². The molecule has 0 saturated heterocycles. The summed E-state index contributed by atoms with van der Waals surface area (Å²) in [5.74, 6) is -0.255. The van der Waals surface area contributed by atoms with E-state index in [2.05, 4.69) is 4.74 Å². The maximum absolute atomic E-state index is 10.1. The number of hydrogen-bond donors (Lipinski definition) is 0. The topological polar surface area (TPSA) is 44.8 Å². The molecule has 86 valence electrons. The fourth-order valence-electron chi connectivity index (χ4n) is 0.593. The van der Waals surface area contributed by atoms with Crippen molar-refractivity contribution in [2.75, 3.05) is 33.0 Å². The highest BCUT2D eigenvalue weighted by Gasteiger charge is 1.89. The van der Waals surface area contributed by atoms with Crippen molar-refractivity contribution in [1.82, 2.24) is 0 Å². The first kappa shape index (κ1) is 15.8. The SMILES string of the molecule is CCOCC.CCOCCOC(C)=O. The lowest BCUT2D eigenvalue weighted by Crippen LogP contribution is -2.06. The third kappa shape index (κ3) is 22.5. The second-order valence-corrected chi connectivity index (χ2v) is 2.32. The molecule has 0 bridgehead atoms. The molecule has 0 spiro atoms. The Morgan fingerprint density at radius 2 is 1.43 bits per heavy atom. The molecule has 0 N–H and O–H groups in total. The Morgan fingerprint density at radius 3 is 1.71 bits per heavy atom. The average Bonchev–Trinajstić information content (AvgIpc) is 2.15. The summed E-state index contributed by atoms with van der Waals surface area (Å²) < 4.78 is 14.3. The van der Waals surface area contributed by atoms with Gasteiger partial charge in [-0.15, -0.1) is 0 Å². The fraction of sp³-hybridized carbons (Fsp3) is 0.900. The largest absolute Gasteiger partial charge is 0.463 e. The van der Waals surface area contributed by atoms with Crippen molar-refractivity contribution in [3.63, 3.8) is 0 Å². The molecular formula is C10H22O4. The summed E-state index contributed by atoms with van der Waals surface area (Å²) in [7, 11) is 0. The molecule has 0 heterocycles. The minimum atomic E-state index is -0.255. The Morgan fingerprint density at radius 1 is 0.929 bits per heavy atom. The van der Waals surface area contributed by atoms with Gasteiger partial charge in [-0.3, -0.25) is 4.79 Å². The molecule has 14 heavy (non-hydrogen) atoms. The molecule has 0 radical (unpaired) electrons. The summed E-state index contributed by atoms with van der Waals surface area (Å²) >= 11 is 0. The Labute approximate surface area is 86.5 Å². The van der Waals surface area contributed by atoms with Crippen LogP contribution in [-0.2, 0) is 19.0 Å². The number of carbonyl (C=O) groups excluding carboxylic acids is 1. The molecule has 0 aromatic heterocycles. The molecule has 0 aliphatic heterocycles. The van der Waals surface area contributed by atoms with Gasteiger partial charge in [-0.25, -0.2) is 0 Å². The Kier molecular flexibility index (Phi) is 16.9. The lowest BCUT2D eigenvalue weighted by Gasteiger charge is -1.99. The monoisotopic (exact) mass is 206 g/mol. The van der Waals surface area contributed by atoms with Gasteiger partial charge in [0.05, 0.1) is 6.61 Å². The van der Waals surface area contributed by atoms with E-state index in [1.54, 1.807) is 0 Å². The van der Waals surface area contributed by atoms with Gasteiger partial charge in [-0.1, -0.05) is 0 Å². The average molecular weight is 206 g/mol. The van der Waals surface area contributed by atoms with Gasteiger partial charge in [0, 0.05) is 26.7 Å². The summed E-state index contributed by atoms with van der Waals surface area (Å²) in [6.45, 7) is 10.5. The van der Waals surface area contributed by atoms with Gasteiger partial charge in [0.15, 0.2) is 0 Å². The van der Waals surface area contributed by atoms with E-state index >= 15 is 0 Å². The van der Waals surface area contributed by atoms with Crippen LogP contribution in [0.1, 0.15) is 27.7 Å². The van der Waals surface area contributed by atoms with Gasteiger partial charge in [0.1, 0.15) is 6.61 Å². The van der Waals surface area contributed by atoms with Crippen molar-refractivity contribution < 1.29 is 19.0 Å². The molecule has 0 aliphatic rings. The first-order valence-electron chi connectivity index (χ1n) is 4.97. The van der Waals surface area contributed by atoms with Gasteiger partial charge < -0.3 is 14.2 Å². The highest BCUT2D eigenvalue weighted by molar-refractivity contribution is 5.65. The van der Waals surface area contributed by atoms with Gasteiger partial charge >= 0.3 is 5.97 Å². The standard InChI is InChI=1S/C6H12O3.C4H10O/c1-3-8-4-5-9-6(2)7;1-3-5-4-2/h3-5H2,1-2H3;3-4H2,1-2H3. The van der Waals surface area contributed by atoms with E-state index in [1.807, 2.05) is 20.8 Å². The van der Waals surface area contributed by atoms with Crippen molar-refractivity contribution in [1.29, 1.82) is 0 Å². The number of carbonyl (C=O) groups is 1. The normalized spacial score (nSPS) is 8.86. The van der Waals surface area contributed by atoms with Crippen molar-refractivity contribution in [2.24, 2.45) is 0 Å². The van der Waals surface area contributed by atoms with Crippen molar-refractivity contribution in [3.8, 4) is 0 Å². The van der Waals surface area contributed by atoms with E-state index in [-0.39, 0.29) is 5.97 Å². The molecule has 4 heteroatoms. The summed E-state index contributed by atoms with van der Waals surface area (Å²) in [6, 6.07) is 0. The smallest absolute Gasteiger partial charge is 0.302 e. The zero-order valence-electron chi connectivity index (χ0n) is 9.67. The van der Waals surface area contributed by atoms with E-state index in [0.717, 1.165) is 13.2 Å². The molecule has 0 aromatic carbocycles. The molecule has 0 aromatic rings. The molecule has 4 nitrogen and oxygen atoms in total. The van der Waals surface area contributed by atoms with E-state index < -0.39 is 0 Å². The van der Waals surface area contributed by atoms with Crippen LogP contribution in [0.2, 0.25) is 0 Å². The Balaban J connectivity index is 0. The van der Waals surface area contributed by atoms with Crippen molar-refractivity contribution in [3.05, 3.63) is 0 Å². The van der Waals surface area contributed by atoms with Crippen LogP contribution in [0.4, 0.5) is 0 Å². The Bertz CT molecular complexity index is 113. The van der Waals surface area contributed by atoms with Gasteiger partial charge in [-0.2, -0.15) is 0 Å². The van der Waals surface area contributed by atoms with Gasteiger partial charge in [0.25, 0.3) is 0 Å². The maximum atomic E-state index is 10.1. The van der Waals surface area contributed by atoms with Crippen molar-refractivity contribution >= 4 is 5.97 Å². The lowest BCUT2D eigenvalue weighted by molar-refractivity contribution is -0.142. The third-order valence-corrected chi connectivity index (χ3v) is 1.15. The Hall–Kier alpha value is -0.610. The number of ether oxygens (including phenoxy) is 3. The molecule has 0 unspecified atom stereocenters. The quantitative estimate of drug-likeness (QED) is 0.489. The van der Waals surface area contributed by atoms with E-state index in [4.69, 9.17) is 9.47 Å². The zero-order valence-corrected chi connectivity index (χ0v) is 9.67. The zero-order chi connectivity index (χ0) is 11.2. The van der Waals surface area contributed by atoms with E-state index in [1.165, 1.54) is 6.92 Å². The maximum Gasteiger partial charge on any atom is 0.302 e. The van der Waals surface area contributed by atoms with Crippen LogP contribution in [0.25, 0.3) is 0 Å². The van der Waals surface area contributed by atoms with Crippen LogP contribution in [0.3, 0.4) is 0 Å². The number of esters is 1. The second kappa shape index (κ2) is 14.9. The minimum Gasteiger partial charge on any atom is -0.463 e. The van der Waals surface area contributed by atoms with E-state index in [0.29, 0.717) is 19.8 Å². The van der Waals surface area contributed by atoms with Gasteiger partial charge in [0.2, 0.25) is 0 Å². The summed E-state index contributed by atoms with van der Waals surface area (Å²) in [4.78, 5) is 10.1. The first-order chi connectivity index (χ1) is 6.68. The fourth-order valence-corrected chi connectivity index (χ4v) is 0.593. The van der Waals surface area contributed by atoms with Crippen LogP contribution in [0.15, 0.2) is 0 Å². The third-order valence-electron chi connectivity index (χ3n) is 1.15. The molecule has 0 fully saturated rings. The second-order valence-electron chi connectivity index (χ2n) is 2.32. The van der Waals surface area contributed by atoms with Crippen LogP contribution in [-0.4, -0.2) is 39.0 Å². The molecule has 0 saturated carbocycles. The summed E-state index contributed by atoms with van der Waals surface area (Å²) in [6.07, 6.45) is 0. The molecule has 0 rings (SSSR count). The lowest BCUT2D eigenvalue weighted by atomic mass is 10.7. The van der Waals surface area contributed by atoms with Crippen LogP contribution in [0, 0.1) is 0 Å². The highest BCUT2D eigenvalue weighted by Crippen LogP contribution is 1.77. The molecule has 0 atom stereocenters. The highest BCUT2D eigenvalue weighted by atomic mass is 16.6. The summed E-state index contributed by atoms with van der Waals surface area (Å²) in [5, 5.41) is 0. The first-order valence-corrected chi connectivity index (χ1v) is 4.97. The van der Waals surface area contributed by atoms with Crippen LogP contribution in [0.5, 0.6) is 0 Å². The predicted molar refractivity (Wildman–Crippen MR) is 55.3 cm³/mol. The van der Waals surface area contributed by atoms with Crippen molar-refractivity contribution in [2.45, 2.75) is 27.7 Å². The predicted octanol–water partition coefficient (Wildman–Crippen LogP) is 1.63. The number of hydrogen-bond acceptors (Lipinski definition) is 4. The number of rotatable bonds is 6. The molecular weight excluding hydrogens is 184 g/mol. The molecule has 0 aliphatic carbocycles. The van der Waals surface area contributed by atoms with Gasteiger partial charge in [-0.05, 0) is 20.8 Å². The van der Waals surface area contributed by atoms with Crippen LogP contribution < -0.4 is 0 Å². The van der Waals surface area contributed by atoms with Crippen LogP contribution >= 0.6 is 0 Å². The minimum absolute atomic E-state index is 0.255. The molecule has 0 amide bonds.